The summed E-state index contributed by atoms with van der Waals surface area (Å²) in [5, 5.41) is 0.610. The Morgan fingerprint density at radius 2 is 1.40 bits per heavy atom. The van der Waals surface area contributed by atoms with E-state index in [1.165, 1.54) is 4.31 Å². The first-order valence-corrected chi connectivity index (χ1v) is 16.6. The van der Waals surface area contributed by atoms with Crippen molar-refractivity contribution in [1.29, 1.82) is 0 Å². The van der Waals surface area contributed by atoms with Crippen molar-refractivity contribution < 1.29 is 16.8 Å². The van der Waals surface area contributed by atoms with E-state index in [9.17, 15) is 16.8 Å². The third kappa shape index (κ3) is 6.66. The van der Waals surface area contributed by atoms with E-state index in [1.807, 2.05) is 87.5 Å². The zero-order chi connectivity index (χ0) is 29.1. The van der Waals surface area contributed by atoms with Crippen molar-refractivity contribution in [1.82, 2.24) is 4.31 Å². The molecule has 5 nitrogen and oxygen atoms in total. The normalized spacial score (nSPS) is 12.2. The van der Waals surface area contributed by atoms with Gasteiger partial charge in [-0.15, -0.1) is 0 Å². The van der Waals surface area contributed by atoms with Crippen LogP contribution >= 0.6 is 11.6 Å². The Bertz CT molecular complexity index is 1710. The van der Waals surface area contributed by atoms with Gasteiger partial charge in [0.05, 0.1) is 15.5 Å². The molecule has 210 valence electrons. The van der Waals surface area contributed by atoms with Gasteiger partial charge in [-0.2, -0.15) is 4.31 Å². The molecule has 0 spiro atoms. The Labute approximate surface area is 243 Å². The Kier molecular flexibility index (Phi) is 9.20. The van der Waals surface area contributed by atoms with Gasteiger partial charge in [-0.3, -0.25) is 0 Å². The summed E-state index contributed by atoms with van der Waals surface area (Å²) in [5.74, 6) is 0.0355. The molecule has 0 heterocycles. The second-order valence-corrected chi connectivity index (χ2v) is 14.6. The molecule has 0 amide bonds. The first-order valence-electron chi connectivity index (χ1n) is 13.2. The van der Waals surface area contributed by atoms with Crippen molar-refractivity contribution in [2.45, 2.75) is 50.5 Å². The zero-order valence-electron chi connectivity index (χ0n) is 23.2. The molecule has 0 aliphatic heterocycles. The fourth-order valence-electron chi connectivity index (χ4n) is 4.98. The van der Waals surface area contributed by atoms with Crippen LogP contribution in [0.4, 0.5) is 0 Å². The lowest BCUT2D eigenvalue weighted by atomic mass is 10.0. The monoisotopic (exact) mass is 595 g/mol. The van der Waals surface area contributed by atoms with Crippen LogP contribution in [-0.4, -0.2) is 33.4 Å². The first kappa shape index (κ1) is 30.0. The second kappa shape index (κ2) is 12.3. The number of nitrogens with zero attached hydrogens (tertiary/aromatic N) is 1. The van der Waals surface area contributed by atoms with Gasteiger partial charge in [-0.25, -0.2) is 16.8 Å². The first-order chi connectivity index (χ1) is 18.9. The molecule has 0 bridgehead atoms. The largest absolute Gasteiger partial charge is 0.243 e. The molecular formula is C32H34ClNO4S2. The van der Waals surface area contributed by atoms with Crippen molar-refractivity contribution >= 4 is 31.5 Å². The van der Waals surface area contributed by atoms with Gasteiger partial charge in [-0.05, 0) is 78.8 Å². The number of sulfone groups is 1. The molecule has 40 heavy (non-hydrogen) atoms. The number of hydrogen-bond donors (Lipinski definition) is 0. The summed E-state index contributed by atoms with van der Waals surface area (Å²) in [6, 6.07) is 25.7. The van der Waals surface area contributed by atoms with Gasteiger partial charge < -0.3 is 0 Å². The van der Waals surface area contributed by atoms with E-state index in [0.717, 1.165) is 38.9 Å². The molecule has 0 saturated carbocycles. The van der Waals surface area contributed by atoms with E-state index in [1.54, 1.807) is 25.1 Å². The minimum Gasteiger partial charge on any atom is -0.224 e. The van der Waals surface area contributed by atoms with E-state index in [2.05, 4.69) is 0 Å². The predicted molar refractivity (Wildman–Crippen MR) is 163 cm³/mol. The van der Waals surface area contributed by atoms with E-state index >= 15 is 0 Å². The van der Waals surface area contributed by atoms with Crippen molar-refractivity contribution in [3.05, 3.63) is 118 Å². The Morgan fingerprint density at radius 1 is 0.750 bits per heavy atom. The van der Waals surface area contributed by atoms with Crippen molar-refractivity contribution in [2.24, 2.45) is 0 Å². The van der Waals surface area contributed by atoms with Gasteiger partial charge in [0.25, 0.3) is 0 Å². The fraction of sp³-hybridized carbons (Fsp3) is 0.250. The Morgan fingerprint density at radius 3 is 2.02 bits per heavy atom. The molecule has 8 heteroatoms. The van der Waals surface area contributed by atoms with Crippen LogP contribution in [0.2, 0.25) is 5.02 Å². The molecule has 4 aromatic rings. The van der Waals surface area contributed by atoms with Crippen LogP contribution in [0.25, 0.3) is 11.1 Å². The quantitative estimate of drug-likeness (QED) is 0.195. The number of sulfonamides is 1. The summed E-state index contributed by atoms with van der Waals surface area (Å²) in [4.78, 5) is 0.625. The van der Waals surface area contributed by atoms with Crippen LogP contribution in [0.15, 0.2) is 94.7 Å². The number of halogens is 1. The van der Waals surface area contributed by atoms with Gasteiger partial charge in [0.2, 0.25) is 10.0 Å². The molecule has 0 aliphatic carbocycles. The molecule has 0 saturated heterocycles. The summed E-state index contributed by atoms with van der Waals surface area (Å²) < 4.78 is 54.4. The molecule has 0 aliphatic rings. The maximum absolute atomic E-state index is 14.1. The van der Waals surface area contributed by atoms with Crippen molar-refractivity contribution in [2.75, 3.05) is 12.3 Å². The van der Waals surface area contributed by atoms with Crippen LogP contribution in [0.3, 0.4) is 0 Å². The smallest absolute Gasteiger partial charge is 0.224 e. The number of aryl methyl sites for hydroxylation is 3. The topological polar surface area (TPSA) is 71.5 Å². The SMILES string of the molecule is CCS(=O)(=O)c1cccc(-c2ccc(CN(CCc3ccccc3Cl)S(=O)(=O)c3c(C)cc(C)cc3C)cc2)c1. The lowest BCUT2D eigenvalue weighted by molar-refractivity contribution is 0.409. The molecule has 0 atom stereocenters. The second-order valence-electron chi connectivity index (χ2n) is 10.0. The standard InChI is InChI=1S/C32H34ClNO4S2/c1-5-39(35,36)30-11-8-10-29(21-30)27-15-13-26(14-16-27)22-34(18-17-28-9-6-7-12-31(28)33)40(37,38)32-24(3)19-23(2)20-25(32)4/h6-16,19-21H,5,17-18,22H2,1-4H3. The highest BCUT2D eigenvalue weighted by Gasteiger charge is 2.28. The maximum atomic E-state index is 14.1. The average Bonchev–Trinajstić information content (AvgIpc) is 2.91. The summed E-state index contributed by atoms with van der Waals surface area (Å²) >= 11 is 6.39. The minimum atomic E-state index is -3.82. The van der Waals surface area contributed by atoms with Crippen LogP contribution in [0.5, 0.6) is 0 Å². The molecular weight excluding hydrogens is 562 g/mol. The average molecular weight is 596 g/mol. The molecule has 0 unspecified atom stereocenters. The van der Waals surface area contributed by atoms with Gasteiger partial charge in [0.15, 0.2) is 9.84 Å². The predicted octanol–water partition coefficient (Wildman–Crippen LogP) is 7.16. The minimum absolute atomic E-state index is 0.0355. The van der Waals surface area contributed by atoms with Gasteiger partial charge in [0, 0.05) is 18.1 Å². The molecule has 0 aromatic heterocycles. The molecule has 0 N–H and O–H groups in total. The fourth-order valence-corrected chi connectivity index (χ4v) is 7.97. The Hall–Kier alpha value is -2.97. The highest BCUT2D eigenvalue weighted by Crippen LogP contribution is 2.29. The molecule has 4 aromatic carbocycles. The lowest BCUT2D eigenvalue weighted by Gasteiger charge is -2.25. The summed E-state index contributed by atoms with van der Waals surface area (Å²) in [7, 11) is -7.14. The Balaban J connectivity index is 1.67. The third-order valence-electron chi connectivity index (χ3n) is 7.01. The molecule has 0 fully saturated rings. The van der Waals surface area contributed by atoms with Gasteiger partial charge in [0.1, 0.15) is 0 Å². The molecule has 0 radical (unpaired) electrons. The summed E-state index contributed by atoms with van der Waals surface area (Å²) in [6.07, 6.45) is 0.472. The van der Waals surface area contributed by atoms with E-state index in [0.29, 0.717) is 16.3 Å². The maximum Gasteiger partial charge on any atom is 0.243 e. The van der Waals surface area contributed by atoms with E-state index in [4.69, 9.17) is 11.6 Å². The van der Waals surface area contributed by atoms with Crippen LogP contribution < -0.4 is 0 Å². The summed E-state index contributed by atoms with van der Waals surface area (Å²) in [5.41, 5.74) is 5.81. The van der Waals surface area contributed by atoms with Gasteiger partial charge in [-0.1, -0.05) is 90.8 Å². The summed E-state index contributed by atoms with van der Waals surface area (Å²) in [6.45, 7) is 7.70. The van der Waals surface area contributed by atoms with E-state index in [-0.39, 0.29) is 23.7 Å². The van der Waals surface area contributed by atoms with E-state index < -0.39 is 19.9 Å². The van der Waals surface area contributed by atoms with Crippen molar-refractivity contribution in [3.8, 4) is 11.1 Å². The lowest BCUT2D eigenvalue weighted by Crippen LogP contribution is -2.33. The van der Waals surface area contributed by atoms with Crippen LogP contribution in [0.1, 0.15) is 34.7 Å². The number of rotatable bonds is 10. The third-order valence-corrected chi connectivity index (χ3v) is 11.3. The highest BCUT2D eigenvalue weighted by molar-refractivity contribution is 7.91. The molecule has 4 rings (SSSR count). The number of hydrogen-bond acceptors (Lipinski definition) is 4. The van der Waals surface area contributed by atoms with Crippen LogP contribution in [-0.2, 0) is 32.8 Å². The van der Waals surface area contributed by atoms with Crippen molar-refractivity contribution in [3.63, 3.8) is 0 Å². The number of benzene rings is 4. The highest BCUT2D eigenvalue weighted by atomic mass is 35.5. The van der Waals surface area contributed by atoms with Gasteiger partial charge >= 0.3 is 0 Å². The van der Waals surface area contributed by atoms with Crippen LogP contribution in [0, 0.1) is 20.8 Å². The zero-order valence-corrected chi connectivity index (χ0v) is 25.6.